The molecule has 1 saturated carbocycles. The topological polar surface area (TPSA) is 46.2 Å². The average molecular weight is 233 g/mol. The van der Waals surface area contributed by atoms with E-state index in [-0.39, 0.29) is 11.8 Å². The lowest BCUT2D eigenvalue weighted by atomic mass is 9.98. The summed E-state index contributed by atoms with van der Waals surface area (Å²) in [5, 5.41) is 0. The van der Waals surface area contributed by atoms with E-state index < -0.39 is 10.0 Å². The zero-order chi connectivity index (χ0) is 11.3. The van der Waals surface area contributed by atoms with Crippen molar-refractivity contribution in [3.05, 3.63) is 0 Å². The van der Waals surface area contributed by atoms with E-state index in [2.05, 4.69) is 11.6 Å². The molecule has 0 saturated heterocycles. The fourth-order valence-corrected chi connectivity index (χ4v) is 3.69. The van der Waals surface area contributed by atoms with Gasteiger partial charge in [-0.25, -0.2) is 13.1 Å². The van der Waals surface area contributed by atoms with E-state index in [1.165, 1.54) is 12.8 Å². The molecule has 15 heavy (non-hydrogen) atoms. The second-order valence-corrected chi connectivity index (χ2v) is 6.53. The summed E-state index contributed by atoms with van der Waals surface area (Å²) < 4.78 is 26.1. The van der Waals surface area contributed by atoms with Crippen LogP contribution < -0.4 is 4.72 Å². The summed E-state index contributed by atoms with van der Waals surface area (Å²) in [6.45, 7) is 4.06. The van der Waals surface area contributed by atoms with Crippen LogP contribution in [0.4, 0.5) is 0 Å². The Hall–Kier alpha value is -0.0900. The van der Waals surface area contributed by atoms with Gasteiger partial charge in [0, 0.05) is 6.04 Å². The molecule has 3 nitrogen and oxygen atoms in total. The normalized spacial score (nSPS) is 28.7. The molecular formula is C11H23NO2S. The molecule has 0 aliphatic heterocycles. The quantitative estimate of drug-likeness (QED) is 0.757. The van der Waals surface area contributed by atoms with Gasteiger partial charge < -0.3 is 0 Å². The van der Waals surface area contributed by atoms with Crippen LogP contribution in [-0.2, 0) is 10.0 Å². The van der Waals surface area contributed by atoms with E-state index in [1.807, 2.05) is 6.92 Å². The summed E-state index contributed by atoms with van der Waals surface area (Å²) in [6.07, 6.45) is 6.49. The highest BCUT2D eigenvalue weighted by Crippen LogP contribution is 2.23. The maximum absolute atomic E-state index is 11.6. The number of rotatable bonds is 4. The van der Waals surface area contributed by atoms with E-state index in [0.29, 0.717) is 12.3 Å². The average Bonchev–Trinajstić information content (AvgIpc) is 2.31. The Bertz CT molecular complexity index is 274. The van der Waals surface area contributed by atoms with Gasteiger partial charge in [-0.05, 0) is 25.2 Å². The highest BCUT2D eigenvalue weighted by atomic mass is 32.2. The van der Waals surface area contributed by atoms with Crippen molar-refractivity contribution in [2.45, 2.75) is 58.4 Å². The van der Waals surface area contributed by atoms with E-state index >= 15 is 0 Å². The van der Waals surface area contributed by atoms with Gasteiger partial charge in [0.05, 0.1) is 5.75 Å². The van der Waals surface area contributed by atoms with E-state index in [4.69, 9.17) is 0 Å². The van der Waals surface area contributed by atoms with Crippen LogP contribution in [0.15, 0.2) is 0 Å². The van der Waals surface area contributed by atoms with Crippen molar-refractivity contribution in [2.75, 3.05) is 5.75 Å². The lowest BCUT2D eigenvalue weighted by Crippen LogP contribution is -2.39. The predicted octanol–water partition coefficient (Wildman–Crippen LogP) is 2.28. The molecule has 0 aromatic heterocycles. The van der Waals surface area contributed by atoms with Gasteiger partial charge in [-0.3, -0.25) is 0 Å². The zero-order valence-electron chi connectivity index (χ0n) is 9.83. The van der Waals surface area contributed by atoms with Crippen LogP contribution >= 0.6 is 0 Å². The summed E-state index contributed by atoms with van der Waals surface area (Å²) in [5.41, 5.74) is 0. The molecule has 1 rings (SSSR count). The molecule has 4 heteroatoms. The van der Waals surface area contributed by atoms with Crippen molar-refractivity contribution in [1.82, 2.24) is 4.72 Å². The summed E-state index contributed by atoms with van der Waals surface area (Å²) in [6, 6.07) is 0.170. The number of hydrogen-bond donors (Lipinski definition) is 1. The third kappa shape index (κ3) is 4.51. The molecule has 0 aromatic carbocycles. The second kappa shape index (κ2) is 5.85. The maximum Gasteiger partial charge on any atom is 0.211 e. The Morgan fingerprint density at radius 2 is 1.87 bits per heavy atom. The molecule has 2 atom stereocenters. The molecule has 0 bridgehead atoms. The van der Waals surface area contributed by atoms with Crippen molar-refractivity contribution >= 4 is 10.0 Å². The maximum atomic E-state index is 11.6. The first kappa shape index (κ1) is 13.0. The molecule has 0 heterocycles. The van der Waals surface area contributed by atoms with Crippen molar-refractivity contribution in [1.29, 1.82) is 0 Å². The van der Waals surface area contributed by atoms with Gasteiger partial charge >= 0.3 is 0 Å². The Morgan fingerprint density at radius 1 is 1.20 bits per heavy atom. The predicted molar refractivity (Wildman–Crippen MR) is 63.3 cm³/mol. The SMILES string of the molecule is CCCS(=O)(=O)NC1CCCCCC1C. The monoisotopic (exact) mass is 233 g/mol. The largest absolute Gasteiger partial charge is 0.212 e. The molecule has 90 valence electrons. The second-order valence-electron chi connectivity index (χ2n) is 4.66. The molecule has 0 amide bonds. The highest BCUT2D eigenvalue weighted by Gasteiger charge is 2.23. The van der Waals surface area contributed by atoms with Gasteiger partial charge in [-0.2, -0.15) is 0 Å². The van der Waals surface area contributed by atoms with Crippen LogP contribution in [0.5, 0.6) is 0 Å². The molecule has 1 N–H and O–H groups in total. The highest BCUT2D eigenvalue weighted by molar-refractivity contribution is 7.89. The van der Waals surface area contributed by atoms with Gasteiger partial charge in [0.2, 0.25) is 10.0 Å². The fourth-order valence-electron chi connectivity index (χ4n) is 2.23. The Labute approximate surface area is 93.7 Å². The summed E-state index contributed by atoms with van der Waals surface area (Å²) >= 11 is 0. The van der Waals surface area contributed by atoms with Gasteiger partial charge in [0.15, 0.2) is 0 Å². The molecule has 0 aromatic rings. The van der Waals surface area contributed by atoms with Crippen LogP contribution in [0.2, 0.25) is 0 Å². The van der Waals surface area contributed by atoms with Crippen molar-refractivity contribution in [3.8, 4) is 0 Å². The summed E-state index contributed by atoms with van der Waals surface area (Å²) in [5.74, 6) is 0.745. The van der Waals surface area contributed by atoms with Crippen LogP contribution in [-0.4, -0.2) is 20.2 Å². The van der Waals surface area contributed by atoms with E-state index in [9.17, 15) is 8.42 Å². The smallest absolute Gasteiger partial charge is 0.211 e. The first-order valence-electron chi connectivity index (χ1n) is 6.05. The molecule has 2 unspecified atom stereocenters. The molecule has 1 fully saturated rings. The lowest BCUT2D eigenvalue weighted by molar-refractivity contribution is 0.399. The molecular weight excluding hydrogens is 210 g/mol. The third-order valence-corrected chi connectivity index (χ3v) is 4.77. The minimum Gasteiger partial charge on any atom is -0.212 e. The number of nitrogens with one attached hydrogen (secondary N) is 1. The molecule has 1 aliphatic carbocycles. The number of sulfonamides is 1. The van der Waals surface area contributed by atoms with Crippen molar-refractivity contribution in [3.63, 3.8) is 0 Å². The Kier molecular flexibility index (Phi) is 5.06. The fraction of sp³-hybridized carbons (Fsp3) is 1.00. The van der Waals surface area contributed by atoms with Crippen LogP contribution in [0, 0.1) is 5.92 Å². The summed E-state index contributed by atoms with van der Waals surface area (Å²) in [7, 11) is -3.03. The minimum absolute atomic E-state index is 0.170. The third-order valence-electron chi connectivity index (χ3n) is 3.17. The Balaban J connectivity index is 2.54. The minimum atomic E-state index is -3.03. The van der Waals surface area contributed by atoms with Gasteiger partial charge in [-0.15, -0.1) is 0 Å². The molecule has 1 aliphatic rings. The van der Waals surface area contributed by atoms with Crippen LogP contribution in [0.25, 0.3) is 0 Å². The lowest BCUT2D eigenvalue weighted by Gasteiger charge is -2.22. The van der Waals surface area contributed by atoms with Crippen molar-refractivity contribution in [2.24, 2.45) is 5.92 Å². The van der Waals surface area contributed by atoms with E-state index in [1.54, 1.807) is 0 Å². The standard InChI is InChI=1S/C11H23NO2S/c1-3-9-15(13,14)12-11-8-6-4-5-7-10(11)2/h10-12H,3-9H2,1-2H3. The first-order chi connectivity index (χ1) is 7.05. The van der Waals surface area contributed by atoms with Crippen LogP contribution in [0.1, 0.15) is 52.4 Å². The van der Waals surface area contributed by atoms with Gasteiger partial charge in [-0.1, -0.05) is 33.1 Å². The van der Waals surface area contributed by atoms with E-state index in [0.717, 1.165) is 19.3 Å². The summed E-state index contributed by atoms with van der Waals surface area (Å²) in [4.78, 5) is 0. The van der Waals surface area contributed by atoms with Crippen molar-refractivity contribution < 1.29 is 8.42 Å². The molecule has 0 spiro atoms. The van der Waals surface area contributed by atoms with Gasteiger partial charge in [0.25, 0.3) is 0 Å². The number of hydrogen-bond acceptors (Lipinski definition) is 2. The zero-order valence-corrected chi connectivity index (χ0v) is 10.6. The Morgan fingerprint density at radius 3 is 2.53 bits per heavy atom. The van der Waals surface area contributed by atoms with Gasteiger partial charge in [0.1, 0.15) is 0 Å². The van der Waals surface area contributed by atoms with Crippen LogP contribution in [0.3, 0.4) is 0 Å². The molecule has 0 radical (unpaired) electrons. The first-order valence-corrected chi connectivity index (χ1v) is 7.70.